The molecular formula is C58H44N2O. The number of rotatable bonds is 7. The first-order valence-electron chi connectivity index (χ1n) is 21.4. The quantitative estimate of drug-likeness (QED) is 0.160. The van der Waals surface area contributed by atoms with Gasteiger partial charge >= 0.3 is 0 Å². The number of hydrogen-bond acceptors (Lipinski definition) is 2. The topological polar surface area (TPSA) is 17.4 Å². The molecule has 8 aromatic carbocycles. The number of nitrogens with zero attached hydrogens (tertiary/aromatic N) is 2. The number of aromatic nitrogens is 1. The molecule has 1 aromatic heterocycles. The van der Waals surface area contributed by atoms with Gasteiger partial charge in [-0.05, 0) is 106 Å². The highest BCUT2D eigenvalue weighted by molar-refractivity contribution is 6.10. The predicted molar refractivity (Wildman–Crippen MR) is 254 cm³/mol. The van der Waals surface area contributed by atoms with Gasteiger partial charge in [-0.3, -0.25) is 0 Å². The Morgan fingerprint density at radius 2 is 1.25 bits per heavy atom. The van der Waals surface area contributed by atoms with Crippen LogP contribution < -0.4 is 9.64 Å². The average Bonchev–Trinajstić information content (AvgIpc) is 3.90. The smallest absolute Gasteiger partial charge is 0.142 e. The Hall–Kier alpha value is -7.36. The summed E-state index contributed by atoms with van der Waals surface area (Å²) in [5.41, 5.74) is 17.8. The first kappa shape index (κ1) is 35.6. The minimum absolute atomic E-state index is 0.129. The van der Waals surface area contributed by atoms with E-state index in [1.807, 2.05) is 0 Å². The Labute approximate surface area is 357 Å². The first-order chi connectivity index (χ1) is 30.0. The molecule has 1 unspecified atom stereocenters. The van der Waals surface area contributed by atoms with Gasteiger partial charge in [0, 0.05) is 62.9 Å². The molecular weight excluding hydrogens is 741 g/mol. The van der Waals surface area contributed by atoms with E-state index in [0.29, 0.717) is 0 Å². The molecule has 2 aliphatic carbocycles. The largest absolute Gasteiger partial charge is 0.481 e. The van der Waals surface area contributed by atoms with Gasteiger partial charge in [-0.2, -0.15) is 0 Å². The fourth-order valence-corrected chi connectivity index (χ4v) is 10.6. The van der Waals surface area contributed by atoms with E-state index in [9.17, 15) is 0 Å². The molecule has 292 valence electrons. The SMILES string of the molecule is CC1(C)c2ccccc2-c2ccc(N(c3ccc(-c4ccc5c(c4)c4ccccc4n5-c4ccccc4)cc3)c3ccccc3CC34CC=CC=C3c3ccccc3O4)cc21. The van der Waals surface area contributed by atoms with E-state index >= 15 is 0 Å². The Balaban J connectivity index is 0.982. The molecule has 12 rings (SSSR count). The van der Waals surface area contributed by atoms with Gasteiger partial charge in [-0.15, -0.1) is 0 Å². The number of fused-ring (bicyclic) bond motifs is 9. The molecule has 0 radical (unpaired) electrons. The molecule has 1 atom stereocenters. The monoisotopic (exact) mass is 784 g/mol. The number of benzene rings is 8. The van der Waals surface area contributed by atoms with Gasteiger partial charge in [0.15, 0.2) is 0 Å². The fourth-order valence-electron chi connectivity index (χ4n) is 10.6. The van der Waals surface area contributed by atoms with Gasteiger partial charge in [-0.25, -0.2) is 0 Å². The maximum atomic E-state index is 6.98. The molecule has 61 heavy (non-hydrogen) atoms. The van der Waals surface area contributed by atoms with Crippen molar-refractivity contribution < 1.29 is 4.74 Å². The molecule has 0 fully saturated rings. The Morgan fingerprint density at radius 3 is 2.13 bits per heavy atom. The van der Waals surface area contributed by atoms with Crippen molar-refractivity contribution >= 4 is 44.4 Å². The minimum Gasteiger partial charge on any atom is -0.481 e. The van der Waals surface area contributed by atoms with Crippen LogP contribution in [0.25, 0.3) is 55.3 Å². The van der Waals surface area contributed by atoms with Gasteiger partial charge in [0.2, 0.25) is 0 Å². The van der Waals surface area contributed by atoms with Crippen molar-refractivity contribution in [2.75, 3.05) is 4.90 Å². The van der Waals surface area contributed by atoms with Gasteiger partial charge in [-0.1, -0.05) is 153 Å². The maximum absolute atomic E-state index is 6.98. The van der Waals surface area contributed by atoms with Crippen LogP contribution >= 0.6 is 0 Å². The minimum atomic E-state index is -0.478. The van der Waals surface area contributed by atoms with Crippen LogP contribution in [0.4, 0.5) is 17.1 Å². The Kier molecular flexibility index (Phi) is 7.92. The van der Waals surface area contributed by atoms with Crippen molar-refractivity contribution in [3.63, 3.8) is 0 Å². The zero-order valence-electron chi connectivity index (χ0n) is 34.3. The third kappa shape index (κ3) is 5.50. The third-order valence-corrected chi connectivity index (χ3v) is 13.5. The summed E-state index contributed by atoms with van der Waals surface area (Å²) in [6.45, 7) is 4.72. The van der Waals surface area contributed by atoms with Gasteiger partial charge in [0.1, 0.15) is 11.4 Å². The van der Waals surface area contributed by atoms with E-state index < -0.39 is 5.60 Å². The number of anilines is 3. The summed E-state index contributed by atoms with van der Waals surface area (Å²) in [4.78, 5) is 2.47. The highest BCUT2D eigenvalue weighted by atomic mass is 16.5. The van der Waals surface area contributed by atoms with Crippen LogP contribution in [0.5, 0.6) is 5.75 Å². The van der Waals surface area contributed by atoms with Gasteiger partial charge < -0.3 is 14.2 Å². The van der Waals surface area contributed by atoms with Crippen molar-refractivity contribution in [1.82, 2.24) is 4.57 Å². The molecule has 0 saturated heterocycles. The molecule has 9 aromatic rings. The van der Waals surface area contributed by atoms with E-state index in [2.05, 4.69) is 230 Å². The van der Waals surface area contributed by atoms with E-state index in [4.69, 9.17) is 4.74 Å². The first-order valence-corrected chi connectivity index (χ1v) is 21.4. The van der Waals surface area contributed by atoms with E-state index in [-0.39, 0.29) is 5.41 Å². The second-order valence-corrected chi connectivity index (χ2v) is 17.3. The summed E-state index contributed by atoms with van der Waals surface area (Å²) in [5, 5.41) is 2.50. The van der Waals surface area contributed by atoms with E-state index in [1.54, 1.807) is 0 Å². The molecule has 0 saturated carbocycles. The Morgan fingerprint density at radius 1 is 0.557 bits per heavy atom. The average molecular weight is 785 g/mol. The van der Waals surface area contributed by atoms with Crippen molar-refractivity contribution in [3.8, 4) is 33.7 Å². The molecule has 0 amide bonds. The van der Waals surface area contributed by atoms with E-state index in [1.165, 1.54) is 77.6 Å². The highest BCUT2D eigenvalue weighted by Crippen LogP contribution is 2.53. The molecule has 0 N–H and O–H groups in total. The van der Waals surface area contributed by atoms with Crippen molar-refractivity contribution in [1.29, 1.82) is 0 Å². The highest BCUT2D eigenvalue weighted by Gasteiger charge is 2.45. The lowest BCUT2D eigenvalue weighted by atomic mass is 9.79. The fraction of sp³-hybridized carbons (Fsp3) is 0.103. The van der Waals surface area contributed by atoms with E-state index in [0.717, 1.165) is 35.7 Å². The zero-order chi connectivity index (χ0) is 40.7. The van der Waals surface area contributed by atoms with Gasteiger partial charge in [0.05, 0.1) is 11.0 Å². The second kappa shape index (κ2) is 13.6. The molecule has 1 aliphatic heterocycles. The van der Waals surface area contributed by atoms with Crippen LogP contribution in [0.1, 0.15) is 42.5 Å². The van der Waals surface area contributed by atoms with Crippen LogP contribution in [-0.2, 0) is 11.8 Å². The lowest BCUT2D eigenvalue weighted by molar-refractivity contribution is 0.149. The van der Waals surface area contributed by atoms with Crippen molar-refractivity contribution in [2.24, 2.45) is 0 Å². The maximum Gasteiger partial charge on any atom is 0.142 e. The molecule has 3 aliphatic rings. The molecule has 0 spiro atoms. The summed E-state index contributed by atoms with van der Waals surface area (Å²) in [6, 6.07) is 68.9. The summed E-state index contributed by atoms with van der Waals surface area (Å²) >= 11 is 0. The number of allylic oxidation sites excluding steroid dienone is 2. The van der Waals surface area contributed by atoms with Crippen molar-refractivity contribution in [3.05, 3.63) is 229 Å². The lowest BCUT2D eigenvalue weighted by Crippen LogP contribution is -2.37. The summed E-state index contributed by atoms with van der Waals surface area (Å²) < 4.78 is 9.36. The number of hydrogen-bond donors (Lipinski definition) is 0. The van der Waals surface area contributed by atoms with Crippen LogP contribution in [0.2, 0.25) is 0 Å². The lowest BCUT2D eigenvalue weighted by Gasteiger charge is -2.34. The molecule has 2 heterocycles. The Bertz CT molecular complexity index is 3260. The summed E-state index contributed by atoms with van der Waals surface area (Å²) in [5.74, 6) is 0.964. The van der Waals surface area contributed by atoms with Crippen LogP contribution in [0, 0.1) is 0 Å². The zero-order valence-corrected chi connectivity index (χ0v) is 34.3. The summed E-state index contributed by atoms with van der Waals surface area (Å²) in [6.07, 6.45) is 8.25. The molecule has 3 heteroatoms. The van der Waals surface area contributed by atoms with Gasteiger partial charge in [0.25, 0.3) is 0 Å². The summed E-state index contributed by atoms with van der Waals surface area (Å²) in [7, 11) is 0. The molecule has 0 bridgehead atoms. The van der Waals surface area contributed by atoms with Crippen LogP contribution in [0.15, 0.2) is 206 Å². The van der Waals surface area contributed by atoms with Crippen molar-refractivity contribution in [2.45, 2.75) is 37.7 Å². The normalized spacial score (nSPS) is 16.7. The van der Waals surface area contributed by atoms with Crippen LogP contribution in [-0.4, -0.2) is 10.2 Å². The molecule has 3 nitrogen and oxygen atoms in total. The number of para-hydroxylation sites is 4. The number of ether oxygens (including phenoxy) is 1. The van der Waals surface area contributed by atoms with Crippen LogP contribution in [0.3, 0.4) is 0 Å². The standard InChI is InChI=1S/C58H44N2O/c1-57(2)50-22-10-7-19-45(50)46-33-32-44(37-52(46)57)59(53-24-11-6-16-41(53)38-58-35-15-14-23-51(58)48-21-9-13-26-56(48)61-58)43-30-27-39(28-31-43)40-29-34-55-49(36-40)47-20-8-12-25-54(47)60(55)42-17-4-3-5-18-42/h3-34,36-37H,35,38H2,1-2H3. The third-order valence-electron chi connectivity index (χ3n) is 13.5. The predicted octanol–water partition coefficient (Wildman–Crippen LogP) is 14.9. The second-order valence-electron chi connectivity index (χ2n) is 17.3.